The first-order valence-electron chi connectivity index (χ1n) is 9.76. The normalized spacial score (nSPS) is 17.7. The minimum Gasteiger partial charge on any atom is -0.349 e. The third-order valence-electron chi connectivity index (χ3n) is 5.51. The second-order valence-corrected chi connectivity index (χ2v) is 7.44. The molecule has 0 amide bonds. The van der Waals surface area contributed by atoms with Crippen LogP contribution in [-0.2, 0) is 0 Å². The Morgan fingerprint density at radius 3 is 2.80 bits per heavy atom. The van der Waals surface area contributed by atoms with E-state index in [1.807, 2.05) is 4.90 Å². The first-order valence-corrected chi connectivity index (χ1v) is 9.76. The smallest absolute Gasteiger partial charge is 0.183 e. The number of halogens is 3. The van der Waals surface area contributed by atoms with Gasteiger partial charge in [0.25, 0.3) is 0 Å². The summed E-state index contributed by atoms with van der Waals surface area (Å²) in [4.78, 5) is 6.71. The maximum atomic E-state index is 14.4. The molecular weight excluding hydrogens is 393 g/mol. The second-order valence-electron chi connectivity index (χ2n) is 7.44. The van der Waals surface area contributed by atoms with Gasteiger partial charge in [-0.15, -0.1) is 0 Å². The minimum atomic E-state index is -1.13. The van der Waals surface area contributed by atoms with E-state index in [1.165, 1.54) is 23.9 Å². The van der Waals surface area contributed by atoms with Crippen LogP contribution in [0.3, 0.4) is 0 Å². The Hall–Kier alpha value is -3.36. The van der Waals surface area contributed by atoms with Gasteiger partial charge in [-0.1, -0.05) is 0 Å². The number of nitrogens with zero attached hydrogens (tertiary/aromatic N) is 6. The van der Waals surface area contributed by atoms with E-state index in [2.05, 4.69) is 10.2 Å². The Balaban J connectivity index is 1.55. The van der Waals surface area contributed by atoms with Gasteiger partial charge in [0, 0.05) is 30.1 Å². The molecule has 0 spiro atoms. The number of alkyl halides is 1. The van der Waals surface area contributed by atoms with Crippen LogP contribution in [0.1, 0.15) is 43.1 Å². The first kappa shape index (κ1) is 18.7. The summed E-state index contributed by atoms with van der Waals surface area (Å²) < 4.78 is 44.9. The van der Waals surface area contributed by atoms with Crippen molar-refractivity contribution >= 4 is 11.5 Å². The summed E-state index contributed by atoms with van der Waals surface area (Å²) in [6.45, 7) is 2.13. The quantitative estimate of drug-likeness (QED) is 0.493. The fourth-order valence-corrected chi connectivity index (χ4v) is 3.98. The van der Waals surface area contributed by atoms with E-state index in [9.17, 15) is 13.2 Å². The van der Waals surface area contributed by atoms with Gasteiger partial charge in [-0.25, -0.2) is 27.4 Å². The molecule has 1 aromatic carbocycles. The van der Waals surface area contributed by atoms with Gasteiger partial charge in [0.05, 0.1) is 18.4 Å². The van der Waals surface area contributed by atoms with Crippen molar-refractivity contribution in [3.63, 3.8) is 0 Å². The molecule has 0 bridgehead atoms. The molecule has 30 heavy (non-hydrogen) atoms. The monoisotopic (exact) mass is 412 g/mol. The topological polar surface area (TPSA) is 51.3 Å². The molecule has 1 aliphatic heterocycles. The van der Waals surface area contributed by atoms with E-state index in [-0.39, 0.29) is 6.04 Å². The van der Waals surface area contributed by atoms with Crippen LogP contribution >= 0.6 is 0 Å². The molecule has 4 heterocycles. The van der Waals surface area contributed by atoms with Crippen LogP contribution in [0.4, 0.5) is 19.0 Å². The highest BCUT2D eigenvalue weighted by Gasteiger charge is 2.30. The third kappa shape index (κ3) is 3.10. The van der Waals surface area contributed by atoms with Crippen LogP contribution in [0.2, 0.25) is 0 Å². The molecule has 3 aromatic heterocycles. The number of aromatic nitrogens is 5. The number of hydrogen-bond donors (Lipinski definition) is 0. The average Bonchev–Trinajstić information content (AvgIpc) is 3.47. The van der Waals surface area contributed by atoms with Crippen molar-refractivity contribution in [3.05, 3.63) is 71.8 Å². The van der Waals surface area contributed by atoms with Crippen LogP contribution in [0.15, 0.2) is 49.1 Å². The molecule has 1 aliphatic rings. The van der Waals surface area contributed by atoms with E-state index in [0.717, 1.165) is 18.6 Å². The lowest BCUT2D eigenvalue weighted by Crippen LogP contribution is -2.24. The van der Waals surface area contributed by atoms with Crippen molar-refractivity contribution in [1.29, 1.82) is 0 Å². The van der Waals surface area contributed by atoms with E-state index in [0.29, 0.717) is 41.2 Å². The largest absolute Gasteiger partial charge is 0.349 e. The Morgan fingerprint density at radius 1 is 1.13 bits per heavy atom. The standard InChI is InChI=1S/C21H19F3N6/c1-13(22)14-10-25-30(12-14)19-11-26-29-8-6-20(27-21(19)29)28-7-2-3-18(28)16-9-15(23)4-5-17(16)24/h4-6,8-13,18H,2-3,7H2,1H3/t13?,18-/m1/s1. The number of fused-ring (bicyclic) bond motifs is 1. The number of hydrogen-bond acceptors (Lipinski definition) is 4. The van der Waals surface area contributed by atoms with Gasteiger partial charge >= 0.3 is 0 Å². The molecule has 0 saturated carbocycles. The first-order chi connectivity index (χ1) is 14.5. The van der Waals surface area contributed by atoms with Crippen LogP contribution in [0.25, 0.3) is 11.3 Å². The summed E-state index contributed by atoms with van der Waals surface area (Å²) in [5, 5.41) is 8.51. The van der Waals surface area contributed by atoms with E-state index >= 15 is 0 Å². The van der Waals surface area contributed by atoms with E-state index < -0.39 is 17.8 Å². The summed E-state index contributed by atoms with van der Waals surface area (Å²) in [7, 11) is 0. The zero-order chi connectivity index (χ0) is 20.8. The predicted molar refractivity (Wildman–Crippen MR) is 105 cm³/mol. The Bertz CT molecular complexity index is 1210. The summed E-state index contributed by atoms with van der Waals surface area (Å²) >= 11 is 0. The lowest BCUT2D eigenvalue weighted by Gasteiger charge is -2.26. The molecule has 1 saturated heterocycles. The SMILES string of the molecule is CC(F)c1cnn(-c2cnn3ccc(N4CCC[C@@H]4c4cc(F)ccc4F)nc23)c1. The Morgan fingerprint density at radius 2 is 2.00 bits per heavy atom. The van der Waals surface area contributed by atoms with Crippen molar-refractivity contribution < 1.29 is 13.2 Å². The van der Waals surface area contributed by atoms with Crippen molar-refractivity contribution in [3.8, 4) is 5.69 Å². The summed E-state index contributed by atoms with van der Waals surface area (Å²) in [5.41, 5.74) is 1.94. The van der Waals surface area contributed by atoms with Gasteiger partial charge in [-0.3, -0.25) is 0 Å². The van der Waals surface area contributed by atoms with Crippen LogP contribution < -0.4 is 4.90 Å². The average molecular weight is 412 g/mol. The molecule has 6 nitrogen and oxygen atoms in total. The van der Waals surface area contributed by atoms with Gasteiger partial charge in [0.15, 0.2) is 5.65 Å². The molecule has 154 valence electrons. The van der Waals surface area contributed by atoms with Gasteiger partial charge in [-0.2, -0.15) is 10.2 Å². The highest BCUT2D eigenvalue weighted by molar-refractivity contribution is 5.61. The Labute approximate surface area is 170 Å². The third-order valence-corrected chi connectivity index (χ3v) is 5.51. The molecule has 9 heteroatoms. The fourth-order valence-electron chi connectivity index (χ4n) is 3.98. The van der Waals surface area contributed by atoms with Gasteiger partial charge < -0.3 is 4.90 Å². The van der Waals surface area contributed by atoms with Crippen LogP contribution in [0.5, 0.6) is 0 Å². The van der Waals surface area contributed by atoms with Crippen molar-refractivity contribution in [2.45, 2.75) is 32.0 Å². The van der Waals surface area contributed by atoms with E-state index in [1.54, 1.807) is 29.2 Å². The highest BCUT2D eigenvalue weighted by atomic mass is 19.1. The lowest BCUT2D eigenvalue weighted by atomic mass is 10.0. The molecule has 0 radical (unpaired) electrons. The summed E-state index contributed by atoms with van der Waals surface area (Å²) in [6.07, 6.45) is 6.88. The van der Waals surface area contributed by atoms with Gasteiger partial charge in [0.1, 0.15) is 29.3 Å². The van der Waals surface area contributed by atoms with Crippen molar-refractivity contribution in [2.24, 2.45) is 0 Å². The summed E-state index contributed by atoms with van der Waals surface area (Å²) in [5.74, 6) is -0.248. The van der Waals surface area contributed by atoms with Crippen molar-refractivity contribution in [2.75, 3.05) is 11.4 Å². The molecular formula is C21H19F3N6. The predicted octanol–water partition coefficient (Wildman–Crippen LogP) is 4.57. The molecule has 5 rings (SSSR count). The van der Waals surface area contributed by atoms with E-state index in [4.69, 9.17) is 4.98 Å². The van der Waals surface area contributed by atoms with Gasteiger partial charge in [0.2, 0.25) is 0 Å². The molecule has 0 N–H and O–H groups in total. The maximum absolute atomic E-state index is 14.4. The van der Waals surface area contributed by atoms with Crippen LogP contribution in [0, 0.1) is 11.6 Å². The maximum Gasteiger partial charge on any atom is 0.183 e. The molecule has 1 fully saturated rings. The lowest BCUT2D eigenvalue weighted by molar-refractivity contribution is 0.374. The van der Waals surface area contributed by atoms with Crippen molar-refractivity contribution in [1.82, 2.24) is 24.4 Å². The fraction of sp³-hybridized carbons (Fsp3) is 0.286. The van der Waals surface area contributed by atoms with Gasteiger partial charge in [-0.05, 0) is 44.0 Å². The highest BCUT2D eigenvalue weighted by Crippen LogP contribution is 2.37. The van der Waals surface area contributed by atoms with Crippen LogP contribution in [-0.4, -0.2) is 30.9 Å². The second kappa shape index (κ2) is 7.16. The molecule has 2 atom stereocenters. The minimum absolute atomic E-state index is 0.300. The summed E-state index contributed by atoms with van der Waals surface area (Å²) in [6, 6.07) is 5.04. The molecule has 0 aliphatic carbocycles. The molecule has 4 aromatic rings. The zero-order valence-corrected chi connectivity index (χ0v) is 16.2. The number of benzene rings is 1. The number of anilines is 1. The Kier molecular flexibility index (Phi) is 4.45. The molecule has 1 unspecified atom stereocenters. The zero-order valence-electron chi connectivity index (χ0n) is 16.2. The number of rotatable bonds is 4.